The number of carboxylic acid groups (broad SMARTS) is 1. The monoisotopic (exact) mass is 449 g/mol. The lowest BCUT2D eigenvalue weighted by Gasteiger charge is -2.15. The van der Waals surface area contributed by atoms with Gasteiger partial charge in [-0.2, -0.15) is 4.72 Å². The van der Waals surface area contributed by atoms with Crippen LogP contribution in [0.25, 0.3) is 17.1 Å². The maximum Gasteiger partial charge on any atom is 0.322 e. The minimum Gasteiger partial charge on any atom is -0.480 e. The van der Waals surface area contributed by atoms with Crippen molar-refractivity contribution in [1.29, 1.82) is 0 Å². The number of tetrazole rings is 1. The number of hydrogen-bond acceptors (Lipinski definition) is 6. The molecule has 162 valence electrons. The first-order chi connectivity index (χ1) is 15.4. The number of para-hydroxylation sites is 1. The Labute approximate surface area is 184 Å². The molecule has 0 spiro atoms. The van der Waals surface area contributed by atoms with Crippen LogP contribution in [0.2, 0.25) is 0 Å². The summed E-state index contributed by atoms with van der Waals surface area (Å²) in [5.41, 5.74) is 2.03. The zero-order chi connectivity index (χ0) is 22.6. The minimum atomic E-state index is -4.05. The second-order valence-electron chi connectivity index (χ2n) is 6.96. The molecule has 10 heteroatoms. The maximum atomic E-state index is 12.8. The van der Waals surface area contributed by atoms with E-state index in [-0.39, 0.29) is 11.3 Å². The number of aliphatic carboxylic acids is 1. The number of nitrogens with one attached hydrogen (secondary N) is 1. The first-order valence-electron chi connectivity index (χ1n) is 9.67. The average Bonchev–Trinajstić information content (AvgIpc) is 3.30. The summed E-state index contributed by atoms with van der Waals surface area (Å²) < 4.78 is 27.8. The number of nitrogens with zero attached hydrogens (tertiary/aromatic N) is 4. The smallest absolute Gasteiger partial charge is 0.322 e. The standard InChI is InChI=1S/C22H19N5O4S/c28-22(29)20(15-16-7-3-1-4-8-16)25-32(30,31)19-13-11-17(12-14-19)21-23-26-27(24-21)18-9-5-2-6-10-18/h1-14,20,25H,15H2,(H,28,29). The molecule has 4 aromatic rings. The van der Waals surface area contributed by atoms with Gasteiger partial charge in [-0.25, -0.2) is 8.42 Å². The molecule has 0 radical (unpaired) electrons. The topological polar surface area (TPSA) is 127 Å². The Balaban J connectivity index is 1.51. The number of benzene rings is 3. The highest BCUT2D eigenvalue weighted by Crippen LogP contribution is 2.19. The van der Waals surface area contributed by atoms with Crippen LogP contribution in [0.3, 0.4) is 0 Å². The Hall–Kier alpha value is -3.89. The van der Waals surface area contributed by atoms with E-state index in [2.05, 4.69) is 20.1 Å². The molecule has 0 bridgehead atoms. The van der Waals surface area contributed by atoms with Crippen LogP contribution in [0.5, 0.6) is 0 Å². The molecule has 1 unspecified atom stereocenters. The van der Waals surface area contributed by atoms with Crippen molar-refractivity contribution in [3.8, 4) is 17.1 Å². The zero-order valence-corrected chi connectivity index (χ0v) is 17.6. The fourth-order valence-electron chi connectivity index (χ4n) is 3.07. The SMILES string of the molecule is O=C(O)C(Cc1ccccc1)NS(=O)(=O)c1ccc(-c2nnn(-c3ccccc3)n2)cc1. The van der Waals surface area contributed by atoms with E-state index in [9.17, 15) is 18.3 Å². The van der Waals surface area contributed by atoms with Crippen molar-refractivity contribution in [2.45, 2.75) is 17.4 Å². The molecule has 2 N–H and O–H groups in total. The van der Waals surface area contributed by atoms with E-state index < -0.39 is 22.0 Å². The van der Waals surface area contributed by atoms with Gasteiger partial charge in [-0.15, -0.1) is 15.0 Å². The summed E-state index contributed by atoms with van der Waals surface area (Å²) in [6, 6.07) is 22.6. The Bertz CT molecular complexity index is 1310. The van der Waals surface area contributed by atoms with Crippen LogP contribution >= 0.6 is 0 Å². The lowest BCUT2D eigenvalue weighted by Crippen LogP contribution is -2.42. The molecule has 0 saturated heterocycles. The second kappa shape index (κ2) is 9.08. The molecule has 1 heterocycles. The third kappa shape index (κ3) is 4.88. The number of rotatable bonds is 8. The van der Waals surface area contributed by atoms with Crippen LogP contribution in [0.1, 0.15) is 5.56 Å². The van der Waals surface area contributed by atoms with Gasteiger partial charge < -0.3 is 5.11 Å². The quantitative estimate of drug-likeness (QED) is 0.422. The summed E-state index contributed by atoms with van der Waals surface area (Å²) in [6.07, 6.45) is 0.0278. The van der Waals surface area contributed by atoms with Crippen molar-refractivity contribution >= 4 is 16.0 Å². The van der Waals surface area contributed by atoms with Gasteiger partial charge in [0.05, 0.1) is 10.6 Å². The Morgan fingerprint density at radius 3 is 2.19 bits per heavy atom. The van der Waals surface area contributed by atoms with Crippen LogP contribution in [-0.2, 0) is 21.2 Å². The molecule has 9 nitrogen and oxygen atoms in total. The molecule has 0 aliphatic heterocycles. The molecule has 4 rings (SSSR count). The average molecular weight is 449 g/mol. The molecule has 0 aliphatic carbocycles. The molecule has 1 atom stereocenters. The summed E-state index contributed by atoms with van der Waals surface area (Å²) >= 11 is 0. The Morgan fingerprint density at radius 1 is 0.938 bits per heavy atom. The predicted molar refractivity (Wildman–Crippen MR) is 116 cm³/mol. The molecule has 32 heavy (non-hydrogen) atoms. The van der Waals surface area contributed by atoms with Gasteiger partial charge in [0.15, 0.2) is 0 Å². The highest BCUT2D eigenvalue weighted by Gasteiger charge is 2.25. The first kappa shape index (κ1) is 21.3. The number of carboxylic acids is 1. The van der Waals surface area contributed by atoms with E-state index in [1.165, 1.54) is 16.9 Å². The number of sulfonamides is 1. The molecule has 0 fully saturated rings. The van der Waals surface area contributed by atoms with Crippen molar-refractivity contribution in [1.82, 2.24) is 24.9 Å². The van der Waals surface area contributed by atoms with E-state index in [0.29, 0.717) is 17.0 Å². The fraction of sp³-hybridized carbons (Fsp3) is 0.0909. The van der Waals surface area contributed by atoms with Gasteiger partial charge in [0.1, 0.15) is 6.04 Å². The van der Waals surface area contributed by atoms with Crippen LogP contribution in [0, 0.1) is 0 Å². The highest BCUT2D eigenvalue weighted by atomic mass is 32.2. The first-order valence-corrected chi connectivity index (χ1v) is 11.2. The Morgan fingerprint density at radius 2 is 1.56 bits per heavy atom. The van der Waals surface area contributed by atoms with Gasteiger partial charge in [0.2, 0.25) is 15.8 Å². The maximum absolute atomic E-state index is 12.8. The lowest BCUT2D eigenvalue weighted by molar-refractivity contribution is -0.138. The van der Waals surface area contributed by atoms with Crippen LogP contribution < -0.4 is 4.72 Å². The van der Waals surface area contributed by atoms with E-state index in [0.717, 1.165) is 5.69 Å². The zero-order valence-electron chi connectivity index (χ0n) is 16.7. The van der Waals surface area contributed by atoms with E-state index in [1.807, 2.05) is 30.3 Å². The van der Waals surface area contributed by atoms with Crippen molar-refractivity contribution in [3.05, 3.63) is 90.5 Å². The van der Waals surface area contributed by atoms with Gasteiger partial charge in [-0.05, 0) is 53.6 Å². The summed E-state index contributed by atoms with van der Waals surface area (Å²) in [4.78, 5) is 12.9. The van der Waals surface area contributed by atoms with Gasteiger partial charge in [0.25, 0.3) is 0 Å². The van der Waals surface area contributed by atoms with Crippen LogP contribution in [-0.4, -0.2) is 45.7 Å². The number of carbonyl (C=O) groups is 1. The normalized spacial score (nSPS) is 12.4. The van der Waals surface area contributed by atoms with Crippen molar-refractivity contribution < 1.29 is 18.3 Å². The molecular weight excluding hydrogens is 430 g/mol. The number of hydrogen-bond donors (Lipinski definition) is 2. The Kier molecular flexibility index (Phi) is 6.06. The summed E-state index contributed by atoms with van der Waals surface area (Å²) in [5, 5.41) is 21.8. The minimum absolute atomic E-state index is 0.0278. The van der Waals surface area contributed by atoms with E-state index in [4.69, 9.17) is 0 Å². The highest BCUT2D eigenvalue weighted by molar-refractivity contribution is 7.89. The van der Waals surface area contributed by atoms with Gasteiger partial charge in [-0.3, -0.25) is 4.79 Å². The van der Waals surface area contributed by atoms with Crippen LogP contribution in [0.4, 0.5) is 0 Å². The van der Waals surface area contributed by atoms with Gasteiger partial charge >= 0.3 is 5.97 Å². The fourth-order valence-corrected chi connectivity index (χ4v) is 4.26. The summed E-state index contributed by atoms with van der Waals surface area (Å²) in [5.74, 6) is -0.922. The molecule has 0 aliphatic rings. The molecule has 0 amide bonds. The van der Waals surface area contributed by atoms with Crippen molar-refractivity contribution in [3.63, 3.8) is 0 Å². The summed E-state index contributed by atoms with van der Waals surface area (Å²) in [6.45, 7) is 0. The molecule has 0 saturated carbocycles. The second-order valence-corrected chi connectivity index (χ2v) is 8.68. The predicted octanol–water partition coefficient (Wildman–Crippen LogP) is 2.30. The summed E-state index contributed by atoms with van der Waals surface area (Å²) in [7, 11) is -4.05. The van der Waals surface area contributed by atoms with E-state index in [1.54, 1.807) is 42.5 Å². The van der Waals surface area contributed by atoms with Crippen molar-refractivity contribution in [2.24, 2.45) is 0 Å². The third-order valence-corrected chi connectivity index (χ3v) is 6.19. The molecule has 1 aromatic heterocycles. The lowest BCUT2D eigenvalue weighted by atomic mass is 10.1. The van der Waals surface area contributed by atoms with Crippen LogP contribution in [0.15, 0.2) is 89.8 Å². The van der Waals surface area contributed by atoms with Gasteiger partial charge in [0, 0.05) is 5.56 Å². The molecular formula is C22H19N5O4S. The van der Waals surface area contributed by atoms with E-state index >= 15 is 0 Å². The molecule has 3 aromatic carbocycles. The third-order valence-electron chi connectivity index (χ3n) is 4.70. The van der Waals surface area contributed by atoms with Gasteiger partial charge in [-0.1, -0.05) is 48.5 Å². The largest absolute Gasteiger partial charge is 0.480 e. The van der Waals surface area contributed by atoms with Crippen molar-refractivity contribution in [2.75, 3.05) is 0 Å². The number of aromatic nitrogens is 4.